The van der Waals surface area contributed by atoms with Gasteiger partial charge in [-0.3, -0.25) is 4.98 Å². The summed E-state index contributed by atoms with van der Waals surface area (Å²) in [6, 6.07) is 4.06. The van der Waals surface area contributed by atoms with Gasteiger partial charge in [0.15, 0.2) is 0 Å². The second kappa shape index (κ2) is 8.88. The Morgan fingerprint density at radius 3 is 3.00 bits per heavy atom. The van der Waals surface area contributed by atoms with Gasteiger partial charge in [0.1, 0.15) is 17.0 Å². The van der Waals surface area contributed by atoms with Crippen LogP contribution < -0.4 is 10.6 Å². The SMILES string of the molecule is CCCCC(C)(O)c1cc(N2CCOCC2C)nc2c(/C(N)=C/C=N)nccc12. The third-order valence-corrected chi connectivity index (χ3v) is 5.51. The van der Waals surface area contributed by atoms with Gasteiger partial charge in [0.05, 0.1) is 30.6 Å². The molecular formula is C22H31N5O2. The van der Waals surface area contributed by atoms with Crippen LogP contribution in [-0.2, 0) is 10.3 Å². The van der Waals surface area contributed by atoms with Crippen molar-refractivity contribution in [3.05, 3.63) is 35.7 Å². The Balaban J connectivity index is 2.25. The van der Waals surface area contributed by atoms with E-state index in [0.717, 1.165) is 42.4 Å². The van der Waals surface area contributed by atoms with Gasteiger partial charge in [0, 0.05) is 24.3 Å². The summed E-state index contributed by atoms with van der Waals surface area (Å²) in [5, 5.41) is 19.5. The van der Waals surface area contributed by atoms with Crippen LogP contribution in [0.25, 0.3) is 16.6 Å². The number of morpholine rings is 1. The fraction of sp³-hybridized carbons (Fsp3) is 0.500. The summed E-state index contributed by atoms with van der Waals surface area (Å²) in [5.74, 6) is 0.789. The Labute approximate surface area is 172 Å². The number of nitrogens with one attached hydrogen (secondary N) is 1. The van der Waals surface area contributed by atoms with Gasteiger partial charge >= 0.3 is 0 Å². The molecule has 2 aromatic rings. The standard InChI is InChI=1S/C22H31N5O2/c1-4-5-8-22(3,28)17-13-19(27-11-12-29-14-15(27)2)26-20-16(17)7-10-25-21(20)18(24)6-9-23/h6-7,9-10,13,15,23,28H,4-5,8,11-12,14,24H2,1-3H3/b18-6-,23-9?. The fourth-order valence-corrected chi connectivity index (χ4v) is 3.83. The number of pyridine rings is 2. The molecule has 0 amide bonds. The molecule has 2 atom stereocenters. The molecule has 7 heteroatoms. The topological polar surface area (TPSA) is 108 Å². The van der Waals surface area contributed by atoms with E-state index in [2.05, 4.69) is 23.7 Å². The molecule has 0 aromatic carbocycles. The van der Waals surface area contributed by atoms with Gasteiger partial charge in [0.2, 0.25) is 0 Å². The lowest BCUT2D eigenvalue weighted by Gasteiger charge is -2.35. The highest BCUT2D eigenvalue weighted by Gasteiger charge is 2.29. The Hall–Kier alpha value is -2.51. The van der Waals surface area contributed by atoms with Gasteiger partial charge in [-0.25, -0.2) is 4.98 Å². The minimum Gasteiger partial charge on any atom is -0.397 e. The minimum absolute atomic E-state index is 0.178. The maximum absolute atomic E-state index is 11.4. The lowest BCUT2D eigenvalue weighted by molar-refractivity contribution is 0.0468. The number of hydrogen-bond donors (Lipinski definition) is 3. The van der Waals surface area contributed by atoms with Crippen molar-refractivity contribution in [3.63, 3.8) is 0 Å². The van der Waals surface area contributed by atoms with Crippen LogP contribution in [-0.4, -0.2) is 47.1 Å². The zero-order chi connectivity index (χ0) is 21.0. The van der Waals surface area contributed by atoms with Crippen LogP contribution in [0.2, 0.25) is 0 Å². The number of rotatable bonds is 7. The smallest absolute Gasteiger partial charge is 0.130 e. The molecule has 29 heavy (non-hydrogen) atoms. The summed E-state index contributed by atoms with van der Waals surface area (Å²) in [5.41, 5.74) is 7.56. The summed E-state index contributed by atoms with van der Waals surface area (Å²) >= 11 is 0. The molecule has 3 rings (SSSR count). The van der Waals surface area contributed by atoms with Gasteiger partial charge in [-0.1, -0.05) is 19.8 Å². The average Bonchev–Trinajstić information content (AvgIpc) is 2.71. The molecule has 1 fully saturated rings. The van der Waals surface area contributed by atoms with E-state index >= 15 is 0 Å². The highest BCUT2D eigenvalue weighted by Crippen LogP contribution is 2.36. The van der Waals surface area contributed by atoms with Crippen LogP contribution in [0, 0.1) is 5.41 Å². The largest absolute Gasteiger partial charge is 0.397 e. The quantitative estimate of drug-likeness (QED) is 0.619. The van der Waals surface area contributed by atoms with Crippen molar-refractivity contribution in [2.45, 2.75) is 51.7 Å². The monoisotopic (exact) mass is 397 g/mol. The minimum atomic E-state index is -1.000. The predicted molar refractivity (Wildman–Crippen MR) is 117 cm³/mol. The molecule has 0 bridgehead atoms. The number of fused-ring (bicyclic) bond motifs is 1. The lowest BCUT2D eigenvalue weighted by atomic mass is 9.88. The molecule has 2 aromatic heterocycles. The molecule has 1 aliphatic rings. The van der Waals surface area contributed by atoms with E-state index in [1.807, 2.05) is 19.1 Å². The van der Waals surface area contributed by atoms with E-state index in [0.29, 0.717) is 36.5 Å². The first-order chi connectivity index (χ1) is 13.9. The Kier molecular flexibility index (Phi) is 6.49. The van der Waals surface area contributed by atoms with Crippen molar-refractivity contribution >= 4 is 28.6 Å². The normalized spacial score (nSPS) is 19.9. The van der Waals surface area contributed by atoms with Crippen molar-refractivity contribution < 1.29 is 9.84 Å². The fourth-order valence-electron chi connectivity index (χ4n) is 3.83. The lowest BCUT2D eigenvalue weighted by Crippen LogP contribution is -2.44. The summed E-state index contributed by atoms with van der Waals surface area (Å²) in [4.78, 5) is 11.5. The predicted octanol–water partition coefficient (Wildman–Crippen LogP) is 3.20. The zero-order valence-electron chi connectivity index (χ0n) is 17.5. The number of aromatic nitrogens is 2. The maximum atomic E-state index is 11.4. The van der Waals surface area contributed by atoms with E-state index in [1.165, 1.54) is 6.08 Å². The van der Waals surface area contributed by atoms with E-state index in [-0.39, 0.29) is 6.04 Å². The van der Waals surface area contributed by atoms with Crippen LogP contribution >= 0.6 is 0 Å². The van der Waals surface area contributed by atoms with Gasteiger partial charge < -0.3 is 25.9 Å². The molecule has 7 nitrogen and oxygen atoms in total. The summed E-state index contributed by atoms with van der Waals surface area (Å²) in [7, 11) is 0. The van der Waals surface area contributed by atoms with E-state index in [1.54, 1.807) is 6.20 Å². The van der Waals surface area contributed by atoms with Crippen molar-refractivity contribution in [2.24, 2.45) is 5.73 Å². The number of nitrogens with two attached hydrogens (primary N) is 1. The molecule has 156 valence electrons. The van der Waals surface area contributed by atoms with Crippen LogP contribution in [0.5, 0.6) is 0 Å². The van der Waals surface area contributed by atoms with Crippen molar-refractivity contribution in [3.8, 4) is 0 Å². The molecule has 0 spiro atoms. The second-order valence-corrected chi connectivity index (χ2v) is 7.87. The number of ether oxygens (including phenoxy) is 1. The number of allylic oxidation sites excluding steroid dienone is 1. The highest BCUT2D eigenvalue weighted by molar-refractivity contribution is 5.94. The van der Waals surface area contributed by atoms with Crippen LogP contribution in [0.3, 0.4) is 0 Å². The van der Waals surface area contributed by atoms with Crippen LogP contribution in [0.15, 0.2) is 24.4 Å². The molecule has 4 N–H and O–H groups in total. The molecule has 3 heterocycles. The third kappa shape index (κ3) is 4.41. The highest BCUT2D eigenvalue weighted by atomic mass is 16.5. The van der Waals surface area contributed by atoms with Crippen molar-refractivity contribution in [1.29, 1.82) is 5.41 Å². The molecule has 0 aliphatic carbocycles. The molecule has 1 aliphatic heterocycles. The third-order valence-electron chi connectivity index (χ3n) is 5.51. The number of nitrogens with zero attached hydrogens (tertiary/aromatic N) is 3. The van der Waals surface area contributed by atoms with E-state index < -0.39 is 5.60 Å². The summed E-state index contributed by atoms with van der Waals surface area (Å²) in [6.07, 6.45) is 6.91. The van der Waals surface area contributed by atoms with Gasteiger partial charge in [-0.2, -0.15) is 0 Å². The summed E-state index contributed by atoms with van der Waals surface area (Å²) < 4.78 is 5.58. The van der Waals surface area contributed by atoms with Crippen LogP contribution in [0.4, 0.5) is 5.82 Å². The number of hydrogen-bond acceptors (Lipinski definition) is 7. The van der Waals surface area contributed by atoms with Crippen molar-refractivity contribution in [1.82, 2.24) is 9.97 Å². The van der Waals surface area contributed by atoms with Gasteiger partial charge in [0.25, 0.3) is 0 Å². The number of unbranched alkanes of at least 4 members (excludes halogenated alkanes) is 1. The first kappa shape index (κ1) is 21.2. The van der Waals surface area contributed by atoms with E-state index in [9.17, 15) is 5.11 Å². The number of anilines is 1. The van der Waals surface area contributed by atoms with Gasteiger partial charge in [-0.05, 0) is 44.0 Å². The van der Waals surface area contributed by atoms with E-state index in [4.69, 9.17) is 20.9 Å². The molecule has 0 radical (unpaired) electrons. The second-order valence-electron chi connectivity index (χ2n) is 7.87. The molecule has 2 unspecified atom stereocenters. The zero-order valence-corrected chi connectivity index (χ0v) is 17.5. The van der Waals surface area contributed by atoms with Crippen LogP contribution in [0.1, 0.15) is 51.3 Å². The average molecular weight is 398 g/mol. The summed E-state index contributed by atoms with van der Waals surface area (Å²) in [6.45, 7) is 8.09. The van der Waals surface area contributed by atoms with Gasteiger partial charge in [-0.15, -0.1) is 0 Å². The molecule has 0 saturated carbocycles. The first-order valence-electron chi connectivity index (χ1n) is 10.2. The maximum Gasteiger partial charge on any atom is 0.130 e. The molecular weight excluding hydrogens is 366 g/mol. The molecule has 1 saturated heterocycles. The first-order valence-corrected chi connectivity index (χ1v) is 10.2. The van der Waals surface area contributed by atoms with Crippen molar-refractivity contribution in [2.75, 3.05) is 24.7 Å². The number of aliphatic hydroxyl groups is 1. The Morgan fingerprint density at radius 2 is 2.31 bits per heavy atom. The Morgan fingerprint density at radius 1 is 1.52 bits per heavy atom. The Bertz CT molecular complexity index is 909.